The van der Waals surface area contributed by atoms with Crippen LogP contribution in [0.3, 0.4) is 0 Å². The summed E-state index contributed by atoms with van der Waals surface area (Å²) < 4.78 is 13.9. The van der Waals surface area contributed by atoms with Gasteiger partial charge in [-0.15, -0.1) is 0 Å². The molecule has 2 aromatic rings. The summed E-state index contributed by atoms with van der Waals surface area (Å²) in [5.41, 5.74) is 2.83. The van der Waals surface area contributed by atoms with Crippen molar-refractivity contribution in [2.75, 3.05) is 23.3 Å². The summed E-state index contributed by atoms with van der Waals surface area (Å²) in [7, 11) is 0. The number of hydrogen-bond donors (Lipinski definition) is 1. The molecular formula is C17H20FN3. The van der Waals surface area contributed by atoms with E-state index in [0.29, 0.717) is 11.7 Å². The minimum absolute atomic E-state index is 0.161. The van der Waals surface area contributed by atoms with Gasteiger partial charge >= 0.3 is 0 Å². The Balaban J connectivity index is 1.62. The quantitative estimate of drug-likeness (QED) is 0.933. The molecule has 0 unspecified atom stereocenters. The maximum Gasteiger partial charge on any atom is 0.146 e. The molecule has 3 nitrogen and oxygen atoms in total. The van der Waals surface area contributed by atoms with Crippen LogP contribution in [0.1, 0.15) is 18.4 Å². The minimum Gasteiger partial charge on any atom is -0.380 e. The van der Waals surface area contributed by atoms with Gasteiger partial charge in [0.1, 0.15) is 5.82 Å². The smallest absolute Gasteiger partial charge is 0.146 e. The van der Waals surface area contributed by atoms with Crippen LogP contribution in [0.2, 0.25) is 0 Å². The zero-order valence-electron chi connectivity index (χ0n) is 12.2. The highest BCUT2D eigenvalue weighted by Crippen LogP contribution is 2.24. The van der Waals surface area contributed by atoms with E-state index in [1.165, 1.54) is 11.8 Å². The zero-order valence-corrected chi connectivity index (χ0v) is 12.2. The van der Waals surface area contributed by atoms with Gasteiger partial charge in [-0.3, -0.25) is 4.98 Å². The van der Waals surface area contributed by atoms with Crippen LogP contribution >= 0.6 is 0 Å². The van der Waals surface area contributed by atoms with Gasteiger partial charge in [-0.25, -0.2) is 4.39 Å². The van der Waals surface area contributed by atoms with Gasteiger partial charge < -0.3 is 10.2 Å². The predicted octanol–water partition coefficient (Wildman–Crippen LogP) is 3.61. The van der Waals surface area contributed by atoms with Crippen molar-refractivity contribution in [3.05, 3.63) is 54.1 Å². The summed E-state index contributed by atoms with van der Waals surface area (Å²) in [5, 5.41) is 3.38. The van der Waals surface area contributed by atoms with E-state index in [4.69, 9.17) is 0 Å². The number of rotatable bonds is 3. The molecule has 1 N–H and O–H groups in total. The zero-order chi connectivity index (χ0) is 14.7. The molecule has 1 aromatic carbocycles. The highest BCUT2D eigenvalue weighted by molar-refractivity contribution is 5.53. The van der Waals surface area contributed by atoms with Crippen LogP contribution < -0.4 is 10.2 Å². The van der Waals surface area contributed by atoms with Crippen LogP contribution in [0.4, 0.5) is 15.8 Å². The van der Waals surface area contributed by atoms with E-state index in [1.54, 1.807) is 6.07 Å². The second-order valence-electron chi connectivity index (χ2n) is 5.54. The molecule has 110 valence electrons. The van der Waals surface area contributed by atoms with E-state index in [0.717, 1.165) is 31.5 Å². The maximum absolute atomic E-state index is 13.9. The molecule has 2 heterocycles. The molecule has 1 saturated heterocycles. The Morgan fingerprint density at radius 1 is 1.14 bits per heavy atom. The summed E-state index contributed by atoms with van der Waals surface area (Å²) in [5.74, 6) is -0.161. The number of para-hydroxylation sites is 1. The molecule has 0 saturated carbocycles. The van der Waals surface area contributed by atoms with Gasteiger partial charge in [0.25, 0.3) is 0 Å². The van der Waals surface area contributed by atoms with Gasteiger partial charge in [0.2, 0.25) is 0 Å². The number of aromatic nitrogens is 1. The number of aryl methyl sites for hydroxylation is 1. The van der Waals surface area contributed by atoms with Crippen molar-refractivity contribution in [3.63, 3.8) is 0 Å². The first-order valence-corrected chi connectivity index (χ1v) is 7.40. The summed E-state index contributed by atoms with van der Waals surface area (Å²) >= 11 is 0. The maximum atomic E-state index is 13.9. The molecule has 21 heavy (non-hydrogen) atoms. The fourth-order valence-electron chi connectivity index (χ4n) is 2.86. The van der Waals surface area contributed by atoms with Gasteiger partial charge in [0, 0.05) is 37.2 Å². The fraction of sp³-hybridized carbons (Fsp3) is 0.353. The first kappa shape index (κ1) is 13.9. The van der Waals surface area contributed by atoms with E-state index >= 15 is 0 Å². The number of hydrogen-bond acceptors (Lipinski definition) is 3. The summed E-state index contributed by atoms with van der Waals surface area (Å²) in [6.07, 6.45) is 5.66. The number of nitrogens with one attached hydrogen (secondary N) is 1. The SMILES string of the molecule is Cc1cccc(F)c1NC1CCN(c2ccncc2)CC1. The Labute approximate surface area is 124 Å². The van der Waals surface area contributed by atoms with Crippen molar-refractivity contribution in [2.45, 2.75) is 25.8 Å². The van der Waals surface area contributed by atoms with Gasteiger partial charge in [-0.05, 0) is 43.5 Å². The number of piperidine rings is 1. The lowest BCUT2D eigenvalue weighted by Gasteiger charge is -2.34. The van der Waals surface area contributed by atoms with E-state index in [9.17, 15) is 4.39 Å². The molecular weight excluding hydrogens is 265 g/mol. The lowest BCUT2D eigenvalue weighted by molar-refractivity contribution is 0.522. The highest BCUT2D eigenvalue weighted by Gasteiger charge is 2.20. The molecule has 4 heteroatoms. The van der Waals surface area contributed by atoms with E-state index in [-0.39, 0.29) is 5.82 Å². The van der Waals surface area contributed by atoms with Crippen LogP contribution in [0.25, 0.3) is 0 Å². The van der Waals surface area contributed by atoms with Crippen molar-refractivity contribution >= 4 is 11.4 Å². The molecule has 1 fully saturated rings. The summed E-state index contributed by atoms with van der Waals surface area (Å²) in [6.45, 7) is 3.90. The van der Waals surface area contributed by atoms with Crippen LogP contribution in [0.15, 0.2) is 42.7 Å². The standard InChI is InChI=1S/C17H20FN3/c1-13-3-2-4-16(18)17(13)20-14-7-11-21(12-8-14)15-5-9-19-10-6-15/h2-6,9-10,14,20H,7-8,11-12H2,1H3. The van der Waals surface area contributed by atoms with E-state index < -0.39 is 0 Å². The van der Waals surface area contributed by atoms with Crippen molar-refractivity contribution < 1.29 is 4.39 Å². The number of benzene rings is 1. The number of halogens is 1. The van der Waals surface area contributed by atoms with Gasteiger partial charge in [-0.2, -0.15) is 0 Å². The van der Waals surface area contributed by atoms with Gasteiger partial charge in [0.05, 0.1) is 5.69 Å². The molecule has 0 amide bonds. The molecule has 0 aliphatic carbocycles. The first-order valence-electron chi connectivity index (χ1n) is 7.40. The molecule has 0 spiro atoms. The second kappa shape index (κ2) is 6.12. The number of anilines is 2. The molecule has 0 radical (unpaired) electrons. The predicted molar refractivity (Wildman–Crippen MR) is 84.2 cm³/mol. The topological polar surface area (TPSA) is 28.2 Å². The van der Waals surface area contributed by atoms with Crippen LogP contribution in [0.5, 0.6) is 0 Å². The molecule has 1 aliphatic rings. The third-order valence-corrected chi connectivity index (χ3v) is 4.09. The first-order chi connectivity index (χ1) is 10.2. The second-order valence-corrected chi connectivity index (χ2v) is 5.54. The van der Waals surface area contributed by atoms with Crippen LogP contribution in [0, 0.1) is 12.7 Å². The van der Waals surface area contributed by atoms with Crippen molar-refractivity contribution in [1.29, 1.82) is 0 Å². The number of pyridine rings is 1. The Kier molecular flexibility index (Phi) is 4.04. The lowest BCUT2D eigenvalue weighted by atomic mass is 10.0. The third kappa shape index (κ3) is 3.15. The molecule has 3 rings (SSSR count). The average molecular weight is 285 g/mol. The number of nitrogens with zero attached hydrogens (tertiary/aromatic N) is 2. The van der Waals surface area contributed by atoms with Crippen molar-refractivity contribution in [1.82, 2.24) is 4.98 Å². The Bertz CT molecular complexity index is 572. The van der Waals surface area contributed by atoms with Crippen LogP contribution in [-0.4, -0.2) is 24.1 Å². The normalized spacial score (nSPS) is 16.0. The molecule has 0 atom stereocenters. The largest absolute Gasteiger partial charge is 0.380 e. The van der Waals surface area contributed by atoms with E-state index in [1.807, 2.05) is 37.5 Å². The van der Waals surface area contributed by atoms with E-state index in [2.05, 4.69) is 15.2 Å². The average Bonchev–Trinajstić information content (AvgIpc) is 2.53. The Morgan fingerprint density at radius 3 is 2.52 bits per heavy atom. The Morgan fingerprint density at radius 2 is 1.86 bits per heavy atom. The van der Waals surface area contributed by atoms with Gasteiger partial charge in [-0.1, -0.05) is 12.1 Å². The molecule has 1 aromatic heterocycles. The third-order valence-electron chi connectivity index (χ3n) is 4.09. The minimum atomic E-state index is -0.161. The Hall–Kier alpha value is -2.10. The van der Waals surface area contributed by atoms with Crippen LogP contribution in [-0.2, 0) is 0 Å². The fourth-order valence-corrected chi connectivity index (χ4v) is 2.86. The van der Waals surface area contributed by atoms with Crippen molar-refractivity contribution in [3.8, 4) is 0 Å². The lowest BCUT2D eigenvalue weighted by Crippen LogP contribution is -2.39. The summed E-state index contributed by atoms with van der Waals surface area (Å²) in [4.78, 5) is 6.40. The summed E-state index contributed by atoms with van der Waals surface area (Å²) in [6, 6.07) is 9.61. The van der Waals surface area contributed by atoms with Gasteiger partial charge in [0.15, 0.2) is 0 Å². The van der Waals surface area contributed by atoms with Crippen molar-refractivity contribution in [2.24, 2.45) is 0 Å². The molecule has 0 bridgehead atoms. The monoisotopic (exact) mass is 285 g/mol. The highest BCUT2D eigenvalue weighted by atomic mass is 19.1. The molecule has 1 aliphatic heterocycles.